The van der Waals surface area contributed by atoms with Crippen LogP contribution in [0.4, 0.5) is 0 Å². The van der Waals surface area contributed by atoms with Crippen molar-refractivity contribution in [3.63, 3.8) is 0 Å². The van der Waals surface area contributed by atoms with Gasteiger partial charge in [0.25, 0.3) is 0 Å². The second kappa shape index (κ2) is 5.39. The lowest BCUT2D eigenvalue weighted by molar-refractivity contribution is 0.569. The van der Waals surface area contributed by atoms with E-state index in [4.69, 9.17) is 5.73 Å². The fourth-order valence-electron chi connectivity index (χ4n) is 2.59. The van der Waals surface area contributed by atoms with E-state index in [0.29, 0.717) is 5.25 Å². The van der Waals surface area contributed by atoms with Crippen LogP contribution in [0.1, 0.15) is 17.7 Å². The van der Waals surface area contributed by atoms with Crippen molar-refractivity contribution in [1.82, 2.24) is 9.78 Å². The number of aromatic nitrogens is 2. The van der Waals surface area contributed by atoms with E-state index < -0.39 is 0 Å². The molecule has 0 radical (unpaired) electrons. The van der Waals surface area contributed by atoms with Gasteiger partial charge in [0.05, 0.1) is 0 Å². The number of aryl methyl sites for hydroxylation is 2. The Balaban J connectivity index is 1.58. The fraction of sp³-hybridized carbons (Fsp3) is 0.400. The summed E-state index contributed by atoms with van der Waals surface area (Å²) < 4.78 is 1.93. The second-order valence-electron chi connectivity index (χ2n) is 5.12. The molecule has 2 unspecified atom stereocenters. The summed E-state index contributed by atoms with van der Waals surface area (Å²) in [6, 6.07) is 11.0. The van der Waals surface area contributed by atoms with Crippen molar-refractivity contribution < 1.29 is 0 Å². The molecular weight excluding hydrogens is 254 g/mol. The van der Waals surface area contributed by atoms with Crippen LogP contribution in [0.5, 0.6) is 0 Å². The van der Waals surface area contributed by atoms with Crippen molar-refractivity contribution in [1.29, 1.82) is 0 Å². The summed E-state index contributed by atoms with van der Waals surface area (Å²) in [6.45, 7) is 0. The molecule has 0 bridgehead atoms. The van der Waals surface area contributed by atoms with Gasteiger partial charge in [-0.1, -0.05) is 18.2 Å². The molecule has 4 heteroatoms. The van der Waals surface area contributed by atoms with Gasteiger partial charge in [0.2, 0.25) is 0 Å². The first-order valence-electron chi connectivity index (χ1n) is 6.71. The van der Waals surface area contributed by atoms with Gasteiger partial charge in [-0.25, -0.2) is 0 Å². The SMILES string of the molecule is Cn1nccc1CCC(N)C1Cc2ccccc2S1. The molecule has 1 aliphatic heterocycles. The maximum atomic E-state index is 6.37. The summed E-state index contributed by atoms with van der Waals surface area (Å²) in [5.41, 5.74) is 9.09. The van der Waals surface area contributed by atoms with Crippen LogP contribution >= 0.6 is 11.8 Å². The van der Waals surface area contributed by atoms with Crippen LogP contribution in [0.3, 0.4) is 0 Å². The zero-order chi connectivity index (χ0) is 13.2. The third-order valence-corrected chi connectivity index (χ3v) is 5.28. The van der Waals surface area contributed by atoms with E-state index in [0.717, 1.165) is 19.3 Å². The minimum atomic E-state index is 0.243. The molecule has 2 aromatic rings. The van der Waals surface area contributed by atoms with Crippen LogP contribution < -0.4 is 5.73 Å². The van der Waals surface area contributed by atoms with Gasteiger partial charge in [-0.15, -0.1) is 11.8 Å². The molecule has 2 heterocycles. The van der Waals surface area contributed by atoms with Gasteiger partial charge < -0.3 is 5.73 Å². The third kappa shape index (κ3) is 2.69. The molecule has 0 fully saturated rings. The van der Waals surface area contributed by atoms with Gasteiger partial charge in [-0.3, -0.25) is 4.68 Å². The summed E-state index contributed by atoms with van der Waals surface area (Å²) in [4.78, 5) is 1.41. The van der Waals surface area contributed by atoms with E-state index in [1.54, 1.807) is 0 Å². The van der Waals surface area contributed by atoms with Gasteiger partial charge in [0.15, 0.2) is 0 Å². The predicted molar refractivity (Wildman–Crippen MR) is 79.3 cm³/mol. The number of hydrogen-bond donors (Lipinski definition) is 1. The normalized spacial score (nSPS) is 19.4. The van der Waals surface area contributed by atoms with E-state index >= 15 is 0 Å². The molecule has 2 atom stereocenters. The summed E-state index contributed by atoms with van der Waals surface area (Å²) >= 11 is 1.94. The first kappa shape index (κ1) is 12.8. The number of hydrogen-bond acceptors (Lipinski definition) is 3. The van der Waals surface area contributed by atoms with Crippen molar-refractivity contribution in [2.45, 2.75) is 35.4 Å². The molecule has 0 amide bonds. The Hall–Kier alpha value is -1.26. The Morgan fingerprint density at radius 3 is 3.00 bits per heavy atom. The van der Waals surface area contributed by atoms with Gasteiger partial charge in [0, 0.05) is 35.1 Å². The number of benzene rings is 1. The van der Waals surface area contributed by atoms with Gasteiger partial charge in [-0.2, -0.15) is 5.10 Å². The minimum Gasteiger partial charge on any atom is -0.327 e. The molecule has 100 valence electrons. The maximum Gasteiger partial charge on any atom is 0.0492 e. The van der Waals surface area contributed by atoms with E-state index in [2.05, 4.69) is 35.4 Å². The summed E-state index contributed by atoms with van der Waals surface area (Å²) in [5.74, 6) is 0. The highest BCUT2D eigenvalue weighted by atomic mass is 32.2. The quantitative estimate of drug-likeness (QED) is 0.930. The Morgan fingerprint density at radius 2 is 2.26 bits per heavy atom. The Bertz CT molecular complexity index is 539. The fourth-order valence-corrected chi connectivity index (χ4v) is 3.95. The molecule has 19 heavy (non-hydrogen) atoms. The third-order valence-electron chi connectivity index (χ3n) is 3.81. The van der Waals surface area contributed by atoms with E-state index in [-0.39, 0.29) is 6.04 Å². The lowest BCUT2D eigenvalue weighted by Gasteiger charge is -2.18. The number of fused-ring (bicyclic) bond motifs is 1. The molecule has 0 spiro atoms. The number of nitrogens with zero attached hydrogens (tertiary/aromatic N) is 2. The first-order valence-corrected chi connectivity index (χ1v) is 7.59. The molecule has 0 saturated carbocycles. The van der Waals surface area contributed by atoms with Gasteiger partial charge in [0.1, 0.15) is 0 Å². The monoisotopic (exact) mass is 273 g/mol. The number of nitrogens with two attached hydrogens (primary N) is 1. The number of rotatable bonds is 4. The highest BCUT2D eigenvalue weighted by molar-refractivity contribution is 8.00. The molecule has 3 nitrogen and oxygen atoms in total. The minimum absolute atomic E-state index is 0.243. The second-order valence-corrected chi connectivity index (χ2v) is 6.40. The van der Waals surface area contributed by atoms with Gasteiger partial charge in [-0.05, 0) is 37.0 Å². The molecule has 1 aromatic heterocycles. The van der Waals surface area contributed by atoms with Crippen molar-refractivity contribution in [2.24, 2.45) is 12.8 Å². The molecular formula is C15H19N3S. The standard InChI is InChI=1S/C15H19N3S/c1-18-12(8-9-17-18)6-7-13(16)15-10-11-4-2-3-5-14(11)19-15/h2-5,8-9,13,15H,6-7,10,16H2,1H3. The lowest BCUT2D eigenvalue weighted by atomic mass is 10.0. The highest BCUT2D eigenvalue weighted by Gasteiger charge is 2.26. The zero-order valence-corrected chi connectivity index (χ0v) is 11.9. The average molecular weight is 273 g/mol. The molecule has 2 N–H and O–H groups in total. The topological polar surface area (TPSA) is 43.8 Å². The smallest absolute Gasteiger partial charge is 0.0492 e. The molecule has 0 saturated heterocycles. The van der Waals surface area contributed by atoms with E-state index in [9.17, 15) is 0 Å². The van der Waals surface area contributed by atoms with Crippen molar-refractivity contribution in [2.75, 3.05) is 0 Å². The van der Waals surface area contributed by atoms with Crippen LogP contribution in [0.15, 0.2) is 41.4 Å². The maximum absolute atomic E-state index is 6.37. The summed E-state index contributed by atoms with van der Waals surface area (Å²) in [7, 11) is 1.99. The first-order chi connectivity index (χ1) is 9.24. The van der Waals surface area contributed by atoms with Crippen LogP contribution in [-0.2, 0) is 19.9 Å². The van der Waals surface area contributed by atoms with Gasteiger partial charge >= 0.3 is 0 Å². The highest BCUT2D eigenvalue weighted by Crippen LogP contribution is 2.38. The Kier molecular flexibility index (Phi) is 3.62. The lowest BCUT2D eigenvalue weighted by Crippen LogP contribution is -2.32. The van der Waals surface area contributed by atoms with Crippen LogP contribution in [-0.4, -0.2) is 21.1 Å². The van der Waals surface area contributed by atoms with E-state index in [1.807, 2.05) is 29.7 Å². The summed E-state index contributed by atoms with van der Waals surface area (Å²) in [5, 5.41) is 4.71. The molecule has 1 aromatic carbocycles. The van der Waals surface area contributed by atoms with E-state index in [1.165, 1.54) is 16.2 Å². The molecule has 1 aliphatic rings. The Labute approximate surface area is 118 Å². The molecule has 3 rings (SSSR count). The molecule has 0 aliphatic carbocycles. The Morgan fingerprint density at radius 1 is 1.42 bits per heavy atom. The summed E-state index contributed by atoms with van der Waals surface area (Å²) in [6.07, 6.45) is 4.98. The van der Waals surface area contributed by atoms with Crippen molar-refractivity contribution in [3.05, 3.63) is 47.8 Å². The number of thioether (sulfide) groups is 1. The largest absolute Gasteiger partial charge is 0.327 e. The van der Waals surface area contributed by atoms with Crippen molar-refractivity contribution >= 4 is 11.8 Å². The average Bonchev–Trinajstić information content (AvgIpc) is 3.01. The van der Waals surface area contributed by atoms with Crippen LogP contribution in [0.2, 0.25) is 0 Å². The predicted octanol–water partition coefficient (Wildman–Crippen LogP) is 2.40. The van der Waals surface area contributed by atoms with Crippen LogP contribution in [0.25, 0.3) is 0 Å². The zero-order valence-electron chi connectivity index (χ0n) is 11.1. The van der Waals surface area contributed by atoms with Crippen molar-refractivity contribution in [3.8, 4) is 0 Å². The van der Waals surface area contributed by atoms with Crippen LogP contribution in [0, 0.1) is 0 Å².